The van der Waals surface area contributed by atoms with Gasteiger partial charge in [0.15, 0.2) is 0 Å². The lowest BCUT2D eigenvalue weighted by atomic mass is 10.1. The van der Waals surface area contributed by atoms with Crippen molar-refractivity contribution < 1.29 is 13.2 Å². The van der Waals surface area contributed by atoms with Gasteiger partial charge in [-0.3, -0.25) is 0 Å². The molecule has 96 valence electrons. The van der Waals surface area contributed by atoms with Crippen molar-refractivity contribution >= 4 is 10.2 Å². The highest BCUT2D eigenvalue weighted by molar-refractivity contribution is 7.86. The summed E-state index contributed by atoms with van der Waals surface area (Å²) in [5.74, 6) is 0. The normalized spacial score (nSPS) is 20.3. The molecule has 0 aromatic carbocycles. The van der Waals surface area contributed by atoms with Gasteiger partial charge in [-0.15, -0.1) is 0 Å². The summed E-state index contributed by atoms with van der Waals surface area (Å²) >= 11 is 0. The summed E-state index contributed by atoms with van der Waals surface area (Å²) < 4.78 is 32.4. The van der Waals surface area contributed by atoms with Crippen LogP contribution >= 0.6 is 0 Å². The van der Waals surface area contributed by atoms with Gasteiger partial charge in [-0.25, -0.2) is 0 Å². The lowest BCUT2D eigenvalue weighted by Gasteiger charge is -2.38. The summed E-state index contributed by atoms with van der Waals surface area (Å²) in [6.07, 6.45) is 0. The molecular formula is C9H21N3O3S. The molecule has 0 spiro atoms. The fourth-order valence-electron chi connectivity index (χ4n) is 1.39. The van der Waals surface area contributed by atoms with Crippen LogP contribution in [0.4, 0.5) is 0 Å². The first-order valence-electron chi connectivity index (χ1n) is 5.34. The lowest BCUT2D eigenvalue weighted by molar-refractivity contribution is 0.0686. The molecule has 1 aliphatic rings. The highest BCUT2D eigenvalue weighted by Gasteiger charge is 2.36. The van der Waals surface area contributed by atoms with Crippen LogP contribution in [0.15, 0.2) is 0 Å². The highest BCUT2D eigenvalue weighted by Crippen LogP contribution is 2.18. The number of ether oxygens (including phenoxy) is 1. The van der Waals surface area contributed by atoms with Gasteiger partial charge in [0.2, 0.25) is 0 Å². The Morgan fingerprint density at radius 1 is 1.38 bits per heavy atom. The van der Waals surface area contributed by atoms with E-state index in [1.54, 1.807) is 7.05 Å². The topological polar surface area (TPSA) is 75.9 Å². The Bertz CT molecular complexity index is 323. The van der Waals surface area contributed by atoms with Crippen LogP contribution in [0.1, 0.15) is 13.8 Å². The summed E-state index contributed by atoms with van der Waals surface area (Å²) in [4.78, 5) is 0. The molecule has 0 aromatic heterocycles. The first kappa shape index (κ1) is 13.9. The van der Waals surface area contributed by atoms with Gasteiger partial charge in [-0.05, 0) is 13.8 Å². The second kappa shape index (κ2) is 4.97. The highest BCUT2D eigenvalue weighted by atomic mass is 32.2. The SMILES string of the molecule is CN(C(C)(C)CN)S(=O)(=O)N1CCOCC1. The van der Waals surface area contributed by atoms with Gasteiger partial charge >= 0.3 is 0 Å². The van der Waals surface area contributed by atoms with Crippen LogP contribution in [0.3, 0.4) is 0 Å². The maximum atomic E-state index is 12.2. The Morgan fingerprint density at radius 3 is 2.31 bits per heavy atom. The van der Waals surface area contributed by atoms with Crippen molar-refractivity contribution in [2.24, 2.45) is 5.73 Å². The summed E-state index contributed by atoms with van der Waals surface area (Å²) in [5.41, 5.74) is 5.01. The number of nitrogens with zero attached hydrogens (tertiary/aromatic N) is 2. The van der Waals surface area contributed by atoms with Crippen LogP contribution in [0.2, 0.25) is 0 Å². The molecule has 1 rings (SSSR count). The molecule has 0 aromatic rings. The monoisotopic (exact) mass is 251 g/mol. The fourth-order valence-corrected chi connectivity index (χ4v) is 3.05. The number of morpholine rings is 1. The number of rotatable bonds is 4. The van der Waals surface area contributed by atoms with E-state index in [0.29, 0.717) is 26.3 Å². The second-order valence-electron chi connectivity index (χ2n) is 4.50. The molecule has 7 heteroatoms. The maximum absolute atomic E-state index is 12.2. The number of likely N-dealkylation sites (N-methyl/N-ethyl adjacent to an activating group) is 1. The third kappa shape index (κ3) is 2.72. The van der Waals surface area contributed by atoms with E-state index in [4.69, 9.17) is 10.5 Å². The maximum Gasteiger partial charge on any atom is 0.282 e. The number of hydrogen-bond donors (Lipinski definition) is 1. The zero-order chi connectivity index (χ0) is 12.4. The molecule has 1 aliphatic heterocycles. The van der Waals surface area contributed by atoms with E-state index in [1.165, 1.54) is 8.61 Å². The van der Waals surface area contributed by atoms with Gasteiger partial charge in [-0.1, -0.05) is 0 Å². The molecule has 0 unspecified atom stereocenters. The van der Waals surface area contributed by atoms with E-state index in [1.807, 2.05) is 13.8 Å². The zero-order valence-corrected chi connectivity index (χ0v) is 11.0. The summed E-state index contributed by atoms with van der Waals surface area (Å²) in [7, 11) is -1.86. The largest absolute Gasteiger partial charge is 0.379 e. The van der Waals surface area contributed by atoms with E-state index in [-0.39, 0.29) is 6.54 Å². The molecule has 0 amide bonds. The molecule has 2 N–H and O–H groups in total. The molecule has 1 saturated heterocycles. The molecule has 6 nitrogen and oxygen atoms in total. The minimum atomic E-state index is -3.43. The van der Waals surface area contributed by atoms with E-state index in [9.17, 15) is 8.42 Å². The summed E-state index contributed by atoms with van der Waals surface area (Å²) in [6, 6.07) is 0. The quantitative estimate of drug-likeness (QED) is 0.712. The second-order valence-corrected chi connectivity index (χ2v) is 6.46. The van der Waals surface area contributed by atoms with Crippen molar-refractivity contribution in [1.82, 2.24) is 8.61 Å². The van der Waals surface area contributed by atoms with Crippen LogP contribution in [0.5, 0.6) is 0 Å². The van der Waals surface area contributed by atoms with E-state index >= 15 is 0 Å². The average Bonchev–Trinajstić information content (AvgIpc) is 2.29. The van der Waals surface area contributed by atoms with Crippen molar-refractivity contribution in [2.45, 2.75) is 19.4 Å². The molecule has 0 aliphatic carbocycles. The Balaban J connectivity index is 2.84. The molecule has 0 saturated carbocycles. The number of nitrogens with two attached hydrogens (primary N) is 1. The van der Waals surface area contributed by atoms with Gasteiger partial charge < -0.3 is 10.5 Å². The smallest absolute Gasteiger partial charge is 0.282 e. The van der Waals surface area contributed by atoms with Crippen LogP contribution in [-0.2, 0) is 14.9 Å². The van der Waals surface area contributed by atoms with Crippen molar-refractivity contribution in [3.63, 3.8) is 0 Å². The molecule has 16 heavy (non-hydrogen) atoms. The van der Waals surface area contributed by atoms with Crippen molar-refractivity contribution in [1.29, 1.82) is 0 Å². The Morgan fingerprint density at radius 2 is 1.88 bits per heavy atom. The lowest BCUT2D eigenvalue weighted by Crippen LogP contribution is -2.56. The van der Waals surface area contributed by atoms with Crippen molar-refractivity contribution in [3.8, 4) is 0 Å². The van der Waals surface area contributed by atoms with Crippen molar-refractivity contribution in [2.75, 3.05) is 39.9 Å². The summed E-state index contributed by atoms with van der Waals surface area (Å²) in [6.45, 7) is 5.63. The predicted octanol–water partition coefficient (Wildman–Crippen LogP) is -0.767. The summed E-state index contributed by atoms with van der Waals surface area (Å²) in [5, 5.41) is 0. The average molecular weight is 251 g/mol. The molecular weight excluding hydrogens is 230 g/mol. The van der Waals surface area contributed by atoms with Gasteiger partial charge in [-0.2, -0.15) is 17.0 Å². The van der Waals surface area contributed by atoms with Gasteiger partial charge in [0.25, 0.3) is 10.2 Å². The van der Waals surface area contributed by atoms with Crippen LogP contribution < -0.4 is 5.73 Å². The van der Waals surface area contributed by atoms with Crippen LogP contribution in [-0.4, -0.2) is 62.5 Å². The Kier molecular flexibility index (Phi) is 4.30. The first-order valence-corrected chi connectivity index (χ1v) is 6.74. The van der Waals surface area contributed by atoms with E-state index in [0.717, 1.165) is 0 Å². The zero-order valence-electron chi connectivity index (χ0n) is 10.1. The van der Waals surface area contributed by atoms with Gasteiger partial charge in [0, 0.05) is 32.2 Å². The third-order valence-corrected chi connectivity index (χ3v) is 5.20. The van der Waals surface area contributed by atoms with Crippen molar-refractivity contribution in [3.05, 3.63) is 0 Å². The van der Waals surface area contributed by atoms with Gasteiger partial charge in [0.05, 0.1) is 13.2 Å². The standard InChI is InChI=1S/C9H21N3O3S/c1-9(2,8-10)11(3)16(13,14)12-4-6-15-7-5-12/h4-8,10H2,1-3H3. The minimum Gasteiger partial charge on any atom is -0.379 e. The van der Waals surface area contributed by atoms with E-state index in [2.05, 4.69) is 0 Å². The molecule has 1 heterocycles. The minimum absolute atomic E-state index is 0.285. The van der Waals surface area contributed by atoms with E-state index < -0.39 is 15.7 Å². The van der Waals surface area contributed by atoms with Crippen LogP contribution in [0, 0.1) is 0 Å². The molecule has 1 fully saturated rings. The fraction of sp³-hybridized carbons (Fsp3) is 1.00. The Labute approximate surface area is 97.5 Å². The van der Waals surface area contributed by atoms with Gasteiger partial charge in [0.1, 0.15) is 0 Å². The molecule has 0 bridgehead atoms. The molecule has 0 radical (unpaired) electrons. The molecule has 0 atom stereocenters. The van der Waals surface area contributed by atoms with Crippen LogP contribution in [0.25, 0.3) is 0 Å². The third-order valence-electron chi connectivity index (χ3n) is 2.99. The Hall–Kier alpha value is -0.210. The number of hydrogen-bond acceptors (Lipinski definition) is 4. The first-order chi connectivity index (χ1) is 7.32. The predicted molar refractivity (Wildman–Crippen MR) is 62.2 cm³/mol.